The number of carbonyl (C=O) groups excluding carboxylic acids is 1. The Morgan fingerprint density at radius 3 is 2.56 bits per heavy atom. The molecule has 2 heterocycles. The number of fused-ring (bicyclic) bond motifs is 2. The first kappa shape index (κ1) is 19.9. The standard InChI is InChI=1S/C22H18N4O5S/c27-22(24-18-3-1-2-15-13-23-25-21(15)18)14-4-6-16(7-5-14)26-32(28,29)17-8-9-19-20(12-17)31-11-10-30-19/h1-9,12-13,26H,10-11H2,(H,23,25)(H,24,27). The van der Waals surface area contributed by atoms with Gasteiger partial charge in [0.15, 0.2) is 11.5 Å². The largest absolute Gasteiger partial charge is 0.486 e. The Morgan fingerprint density at radius 1 is 0.969 bits per heavy atom. The van der Waals surface area contributed by atoms with Gasteiger partial charge in [-0.25, -0.2) is 8.42 Å². The predicted molar refractivity (Wildman–Crippen MR) is 119 cm³/mol. The van der Waals surface area contributed by atoms with Crippen LogP contribution in [0, 0.1) is 0 Å². The summed E-state index contributed by atoms with van der Waals surface area (Å²) >= 11 is 0. The molecular weight excluding hydrogens is 432 g/mol. The minimum absolute atomic E-state index is 0.0521. The number of hydrogen-bond acceptors (Lipinski definition) is 6. The summed E-state index contributed by atoms with van der Waals surface area (Å²) in [7, 11) is -3.84. The highest BCUT2D eigenvalue weighted by molar-refractivity contribution is 7.92. The lowest BCUT2D eigenvalue weighted by Gasteiger charge is -2.19. The number of benzene rings is 3. The number of anilines is 2. The minimum Gasteiger partial charge on any atom is -0.486 e. The van der Waals surface area contributed by atoms with Gasteiger partial charge in [0.25, 0.3) is 15.9 Å². The normalized spacial score (nSPS) is 13.0. The molecule has 0 atom stereocenters. The van der Waals surface area contributed by atoms with Crippen LogP contribution in [0.1, 0.15) is 10.4 Å². The first-order chi connectivity index (χ1) is 15.5. The molecule has 0 spiro atoms. The van der Waals surface area contributed by atoms with Gasteiger partial charge in [-0.05, 0) is 42.5 Å². The van der Waals surface area contributed by atoms with E-state index in [0.29, 0.717) is 41.7 Å². The summed E-state index contributed by atoms with van der Waals surface area (Å²) in [5.74, 6) is 0.572. The Hall–Kier alpha value is -4.05. The van der Waals surface area contributed by atoms with Crippen LogP contribution >= 0.6 is 0 Å². The van der Waals surface area contributed by atoms with Crippen molar-refractivity contribution in [3.63, 3.8) is 0 Å². The lowest BCUT2D eigenvalue weighted by Crippen LogP contribution is -2.17. The number of sulfonamides is 1. The molecule has 0 bridgehead atoms. The van der Waals surface area contributed by atoms with Gasteiger partial charge >= 0.3 is 0 Å². The zero-order valence-electron chi connectivity index (χ0n) is 16.7. The van der Waals surface area contributed by atoms with Crippen LogP contribution in [0.4, 0.5) is 11.4 Å². The molecule has 1 aliphatic rings. The maximum Gasteiger partial charge on any atom is 0.262 e. The van der Waals surface area contributed by atoms with Gasteiger partial charge in [-0.2, -0.15) is 5.10 Å². The minimum atomic E-state index is -3.84. The SMILES string of the molecule is O=C(Nc1cccc2cn[nH]c12)c1ccc(NS(=O)(=O)c2ccc3c(c2)OCCO3)cc1. The number of carbonyl (C=O) groups is 1. The van der Waals surface area contributed by atoms with Gasteiger partial charge in [0.1, 0.15) is 13.2 Å². The maximum absolute atomic E-state index is 12.8. The molecule has 1 amide bonds. The Bertz CT molecular complexity index is 1410. The molecule has 0 aliphatic carbocycles. The Kier molecular flexibility index (Phi) is 4.91. The number of ether oxygens (including phenoxy) is 2. The number of aromatic amines is 1. The summed E-state index contributed by atoms with van der Waals surface area (Å²) in [6, 6.07) is 16.1. The molecule has 3 aromatic carbocycles. The van der Waals surface area contributed by atoms with Gasteiger partial charge in [-0.15, -0.1) is 0 Å². The molecular formula is C22H18N4O5S. The Balaban J connectivity index is 1.31. The summed E-state index contributed by atoms with van der Waals surface area (Å²) in [4.78, 5) is 12.7. The Labute approximate surface area is 183 Å². The number of H-pyrrole nitrogens is 1. The number of hydrogen-bond donors (Lipinski definition) is 3. The average Bonchev–Trinajstić information content (AvgIpc) is 3.29. The molecule has 3 N–H and O–H groups in total. The third-order valence-electron chi connectivity index (χ3n) is 4.95. The van der Waals surface area contributed by atoms with Crippen LogP contribution in [0.3, 0.4) is 0 Å². The van der Waals surface area contributed by atoms with Crippen molar-refractivity contribution in [2.75, 3.05) is 23.3 Å². The van der Waals surface area contributed by atoms with E-state index in [4.69, 9.17) is 9.47 Å². The van der Waals surface area contributed by atoms with E-state index in [1.54, 1.807) is 30.5 Å². The van der Waals surface area contributed by atoms with Crippen molar-refractivity contribution < 1.29 is 22.7 Å². The second-order valence-electron chi connectivity index (χ2n) is 7.08. The lowest BCUT2D eigenvalue weighted by atomic mass is 10.2. The first-order valence-electron chi connectivity index (χ1n) is 9.76. The van der Waals surface area contributed by atoms with Crippen molar-refractivity contribution in [3.8, 4) is 11.5 Å². The molecule has 10 heteroatoms. The molecule has 1 aromatic heterocycles. The van der Waals surface area contributed by atoms with E-state index in [1.165, 1.54) is 24.3 Å². The van der Waals surface area contributed by atoms with Gasteiger partial charge in [0, 0.05) is 22.7 Å². The summed E-state index contributed by atoms with van der Waals surface area (Å²) in [5.41, 5.74) is 2.04. The molecule has 5 rings (SSSR count). The van der Waals surface area contributed by atoms with E-state index in [-0.39, 0.29) is 10.8 Å². The molecule has 162 valence electrons. The topological polar surface area (TPSA) is 122 Å². The molecule has 1 aliphatic heterocycles. The number of amides is 1. The van der Waals surface area contributed by atoms with Crippen molar-refractivity contribution in [2.45, 2.75) is 4.90 Å². The highest BCUT2D eigenvalue weighted by Gasteiger charge is 2.20. The monoisotopic (exact) mass is 450 g/mol. The summed E-state index contributed by atoms with van der Waals surface area (Å²) in [6.07, 6.45) is 1.67. The number of aromatic nitrogens is 2. The summed E-state index contributed by atoms with van der Waals surface area (Å²) in [5, 5.41) is 10.6. The van der Waals surface area contributed by atoms with Crippen LogP contribution in [0.2, 0.25) is 0 Å². The molecule has 0 radical (unpaired) electrons. The van der Waals surface area contributed by atoms with Gasteiger partial charge < -0.3 is 14.8 Å². The third kappa shape index (κ3) is 3.83. The highest BCUT2D eigenvalue weighted by atomic mass is 32.2. The Morgan fingerprint density at radius 2 is 1.75 bits per heavy atom. The zero-order valence-corrected chi connectivity index (χ0v) is 17.5. The number of nitrogens with one attached hydrogen (secondary N) is 3. The van der Waals surface area contributed by atoms with Crippen molar-refractivity contribution in [3.05, 3.63) is 72.4 Å². The van der Waals surface area contributed by atoms with Gasteiger partial charge in [-0.3, -0.25) is 14.6 Å². The molecule has 4 aromatic rings. The van der Waals surface area contributed by atoms with Gasteiger partial charge in [0.05, 0.1) is 22.3 Å². The smallest absolute Gasteiger partial charge is 0.262 e. The molecule has 9 nitrogen and oxygen atoms in total. The van der Waals surface area contributed by atoms with Crippen LogP contribution in [-0.4, -0.2) is 37.7 Å². The average molecular weight is 450 g/mol. The van der Waals surface area contributed by atoms with E-state index in [2.05, 4.69) is 20.2 Å². The van der Waals surface area contributed by atoms with Crippen LogP contribution in [0.5, 0.6) is 11.5 Å². The second-order valence-corrected chi connectivity index (χ2v) is 8.76. The predicted octanol–water partition coefficient (Wildman–Crippen LogP) is 3.39. The van der Waals surface area contributed by atoms with E-state index in [0.717, 1.165) is 10.9 Å². The van der Waals surface area contributed by atoms with Crippen molar-refractivity contribution in [2.24, 2.45) is 0 Å². The maximum atomic E-state index is 12.8. The summed E-state index contributed by atoms with van der Waals surface area (Å²) in [6.45, 7) is 0.788. The van der Waals surface area contributed by atoms with Crippen molar-refractivity contribution >= 4 is 38.2 Å². The van der Waals surface area contributed by atoms with Crippen LogP contribution in [-0.2, 0) is 10.0 Å². The highest BCUT2D eigenvalue weighted by Crippen LogP contribution is 2.32. The summed E-state index contributed by atoms with van der Waals surface area (Å²) < 4.78 is 38.9. The number of rotatable bonds is 5. The fourth-order valence-corrected chi connectivity index (χ4v) is 4.44. The van der Waals surface area contributed by atoms with Crippen LogP contribution < -0.4 is 19.5 Å². The molecule has 32 heavy (non-hydrogen) atoms. The molecule has 0 saturated carbocycles. The first-order valence-corrected chi connectivity index (χ1v) is 11.2. The van der Waals surface area contributed by atoms with Crippen molar-refractivity contribution in [1.82, 2.24) is 10.2 Å². The zero-order chi connectivity index (χ0) is 22.1. The molecule has 0 unspecified atom stereocenters. The molecule has 0 saturated heterocycles. The lowest BCUT2D eigenvalue weighted by molar-refractivity contribution is 0.102. The van der Waals surface area contributed by atoms with Gasteiger partial charge in [0.2, 0.25) is 0 Å². The van der Waals surface area contributed by atoms with Crippen LogP contribution in [0.15, 0.2) is 71.8 Å². The van der Waals surface area contributed by atoms with E-state index in [9.17, 15) is 13.2 Å². The van der Waals surface area contributed by atoms with E-state index in [1.807, 2.05) is 12.1 Å². The fourth-order valence-electron chi connectivity index (χ4n) is 3.36. The van der Waals surface area contributed by atoms with Gasteiger partial charge in [-0.1, -0.05) is 12.1 Å². The third-order valence-corrected chi connectivity index (χ3v) is 6.33. The quantitative estimate of drug-likeness (QED) is 0.428. The van der Waals surface area contributed by atoms with E-state index < -0.39 is 10.0 Å². The second kappa shape index (κ2) is 7.89. The van der Waals surface area contributed by atoms with E-state index >= 15 is 0 Å². The number of nitrogens with zero attached hydrogens (tertiary/aromatic N) is 1. The number of para-hydroxylation sites is 1. The molecule has 0 fully saturated rings. The fraction of sp³-hybridized carbons (Fsp3) is 0.0909. The van der Waals surface area contributed by atoms with Crippen LogP contribution in [0.25, 0.3) is 10.9 Å². The van der Waals surface area contributed by atoms with Crippen molar-refractivity contribution in [1.29, 1.82) is 0 Å².